The van der Waals surface area contributed by atoms with Crippen molar-refractivity contribution in [3.63, 3.8) is 0 Å². The molecule has 3 heterocycles. The normalized spacial score (nSPS) is 12.6. The first-order valence-corrected chi connectivity index (χ1v) is 17.7. The van der Waals surface area contributed by atoms with Crippen LogP contribution in [0.5, 0.6) is 0 Å². The van der Waals surface area contributed by atoms with E-state index in [0.717, 1.165) is 18.7 Å². The minimum atomic E-state index is 0.938. The van der Waals surface area contributed by atoms with Gasteiger partial charge in [0, 0.05) is 33.3 Å². The number of aromatic amines is 1. The van der Waals surface area contributed by atoms with Crippen LogP contribution in [0, 0.1) is 27.7 Å². The molecule has 10 rings (SSSR count). The lowest BCUT2D eigenvalue weighted by Crippen LogP contribution is -2.05. The molecule has 3 nitrogen and oxygen atoms in total. The highest BCUT2D eigenvalue weighted by Crippen LogP contribution is 2.44. The fourth-order valence-corrected chi connectivity index (χ4v) is 8.74. The van der Waals surface area contributed by atoms with E-state index in [1.165, 1.54) is 110 Å². The molecule has 0 spiro atoms. The highest BCUT2D eigenvalue weighted by molar-refractivity contribution is 6.14. The molecule has 0 aliphatic heterocycles. The van der Waals surface area contributed by atoms with Crippen molar-refractivity contribution >= 4 is 43.6 Å². The zero-order valence-corrected chi connectivity index (χ0v) is 28.9. The Morgan fingerprint density at radius 3 is 1.90 bits per heavy atom. The Labute approximate surface area is 291 Å². The molecule has 0 atom stereocenters. The van der Waals surface area contributed by atoms with E-state index in [1.807, 2.05) is 12.3 Å². The van der Waals surface area contributed by atoms with Gasteiger partial charge in [0.2, 0.25) is 0 Å². The second kappa shape index (κ2) is 10.8. The van der Waals surface area contributed by atoms with Crippen LogP contribution >= 0.6 is 0 Å². The van der Waals surface area contributed by atoms with E-state index in [1.54, 1.807) is 0 Å². The van der Waals surface area contributed by atoms with Gasteiger partial charge in [-0.25, -0.2) is 4.98 Å². The molecule has 0 fully saturated rings. The van der Waals surface area contributed by atoms with Crippen LogP contribution in [0.15, 0.2) is 121 Å². The fourth-order valence-electron chi connectivity index (χ4n) is 8.74. The molecule has 1 aliphatic carbocycles. The topological polar surface area (TPSA) is 33.6 Å². The van der Waals surface area contributed by atoms with E-state index >= 15 is 0 Å². The van der Waals surface area contributed by atoms with Gasteiger partial charge in [0.15, 0.2) is 0 Å². The van der Waals surface area contributed by atoms with Crippen molar-refractivity contribution < 1.29 is 0 Å². The average Bonchev–Trinajstić information content (AvgIpc) is 3.65. The van der Waals surface area contributed by atoms with Crippen molar-refractivity contribution in [3.05, 3.63) is 155 Å². The first-order valence-electron chi connectivity index (χ1n) is 17.7. The molecule has 0 radical (unpaired) electrons. The van der Waals surface area contributed by atoms with E-state index in [0.29, 0.717) is 0 Å². The summed E-state index contributed by atoms with van der Waals surface area (Å²) in [6, 6.07) is 43.2. The van der Waals surface area contributed by atoms with Gasteiger partial charge in [0.05, 0.1) is 16.6 Å². The van der Waals surface area contributed by atoms with Crippen molar-refractivity contribution in [1.82, 2.24) is 14.5 Å². The second-order valence-corrected chi connectivity index (χ2v) is 14.4. The quantitative estimate of drug-likeness (QED) is 0.204. The molecule has 1 N–H and O–H groups in total. The van der Waals surface area contributed by atoms with Gasteiger partial charge < -0.3 is 4.98 Å². The minimum absolute atomic E-state index is 0.938. The standard InChI is InChI=1S/C47H37N3/c1-27-17-28(2)20-34(19-27)31-9-14-43-40(23-31)38-13-12-36-37(47(38)49-43)11-8-33-25-42-41-24-32(35-21-29(3)18-30(4)22-35)10-15-44(41)50(45(42)26-39(33)36)46-7-5-6-16-48-46/h5-7,9-10,12-26,49H,8,11H2,1-4H3. The molecule has 0 amide bonds. The van der Waals surface area contributed by atoms with Gasteiger partial charge in [-0.15, -0.1) is 0 Å². The summed E-state index contributed by atoms with van der Waals surface area (Å²) in [6.07, 6.45) is 3.91. The molecule has 6 aromatic carbocycles. The summed E-state index contributed by atoms with van der Waals surface area (Å²) in [5, 5.41) is 5.14. The second-order valence-electron chi connectivity index (χ2n) is 14.4. The van der Waals surface area contributed by atoms with Crippen LogP contribution in [0.1, 0.15) is 33.4 Å². The molecule has 50 heavy (non-hydrogen) atoms. The molecule has 240 valence electrons. The van der Waals surface area contributed by atoms with Crippen molar-refractivity contribution in [3.8, 4) is 39.2 Å². The summed E-state index contributed by atoms with van der Waals surface area (Å²) in [4.78, 5) is 8.69. The zero-order valence-electron chi connectivity index (χ0n) is 28.9. The first-order chi connectivity index (χ1) is 24.4. The van der Waals surface area contributed by atoms with E-state index in [9.17, 15) is 0 Å². The molecule has 9 aromatic rings. The molecule has 0 bridgehead atoms. The third kappa shape index (κ3) is 4.46. The number of hydrogen-bond donors (Lipinski definition) is 1. The molecule has 0 saturated carbocycles. The predicted molar refractivity (Wildman–Crippen MR) is 211 cm³/mol. The number of aromatic nitrogens is 3. The van der Waals surface area contributed by atoms with E-state index in [-0.39, 0.29) is 0 Å². The number of hydrogen-bond acceptors (Lipinski definition) is 1. The number of nitrogens with one attached hydrogen (secondary N) is 1. The number of aryl methyl sites for hydroxylation is 6. The number of fused-ring (bicyclic) bond motifs is 10. The van der Waals surface area contributed by atoms with Crippen LogP contribution in [0.4, 0.5) is 0 Å². The Morgan fingerprint density at radius 2 is 1.20 bits per heavy atom. The molecular formula is C47H37N3. The van der Waals surface area contributed by atoms with Gasteiger partial charge in [-0.3, -0.25) is 4.57 Å². The van der Waals surface area contributed by atoms with Crippen molar-refractivity contribution in [2.24, 2.45) is 0 Å². The van der Waals surface area contributed by atoms with Gasteiger partial charge >= 0.3 is 0 Å². The Balaban J connectivity index is 1.17. The van der Waals surface area contributed by atoms with E-state index < -0.39 is 0 Å². The first kappa shape index (κ1) is 29.0. The number of pyridine rings is 1. The van der Waals surface area contributed by atoms with Crippen LogP contribution in [0.25, 0.3) is 82.8 Å². The van der Waals surface area contributed by atoms with Gasteiger partial charge in [-0.1, -0.05) is 89.0 Å². The van der Waals surface area contributed by atoms with Crippen LogP contribution in [-0.4, -0.2) is 14.5 Å². The summed E-state index contributed by atoms with van der Waals surface area (Å²) < 4.78 is 2.35. The summed E-state index contributed by atoms with van der Waals surface area (Å²) >= 11 is 0. The third-order valence-corrected chi connectivity index (χ3v) is 10.8. The fraction of sp³-hybridized carbons (Fsp3) is 0.128. The van der Waals surface area contributed by atoms with Gasteiger partial charge in [0.1, 0.15) is 5.82 Å². The number of nitrogens with zero attached hydrogens (tertiary/aromatic N) is 2. The van der Waals surface area contributed by atoms with Gasteiger partial charge in [-0.05, 0) is 134 Å². The summed E-state index contributed by atoms with van der Waals surface area (Å²) in [6.45, 7) is 8.72. The van der Waals surface area contributed by atoms with E-state index in [4.69, 9.17) is 4.98 Å². The van der Waals surface area contributed by atoms with Crippen LogP contribution in [0.3, 0.4) is 0 Å². The Hall–Kier alpha value is -5.93. The highest BCUT2D eigenvalue weighted by atomic mass is 15.1. The van der Waals surface area contributed by atoms with E-state index in [2.05, 4.69) is 146 Å². The number of H-pyrrole nitrogens is 1. The van der Waals surface area contributed by atoms with Crippen molar-refractivity contribution in [1.29, 1.82) is 0 Å². The number of rotatable bonds is 3. The molecule has 0 saturated heterocycles. The smallest absolute Gasteiger partial charge is 0.137 e. The molecular weight excluding hydrogens is 607 g/mol. The lowest BCUT2D eigenvalue weighted by molar-refractivity contribution is 0.950. The molecule has 3 heteroatoms. The van der Waals surface area contributed by atoms with Crippen LogP contribution < -0.4 is 0 Å². The summed E-state index contributed by atoms with van der Waals surface area (Å²) in [5.74, 6) is 0.938. The number of benzene rings is 6. The highest BCUT2D eigenvalue weighted by Gasteiger charge is 2.24. The summed E-state index contributed by atoms with van der Waals surface area (Å²) in [7, 11) is 0. The third-order valence-electron chi connectivity index (χ3n) is 10.8. The molecule has 1 aliphatic rings. The molecule has 0 unspecified atom stereocenters. The van der Waals surface area contributed by atoms with Crippen molar-refractivity contribution in [2.75, 3.05) is 0 Å². The summed E-state index contributed by atoms with van der Waals surface area (Å²) in [5.41, 5.74) is 20.5. The Bertz CT molecular complexity index is 2810. The maximum Gasteiger partial charge on any atom is 0.137 e. The molecule has 3 aromatic heterocycles. The monoisotopic (exact) mass is 643 g/mol. The largest absolute Gasteiger partial charge is 0.354 e. The maximum atomic E-state index is 4.84. The predicted octanol–water partition coefficient (Wildman–Crippen LogP) is 12.1. The lowest BCUT2D eigenvalue weighted by atomic mass is 9.83. The minimum Gasteiger partial charge on any atom is -0.354 e. The van der Waals surface area contributed by atoms with Crippen LogP contribution in [0.2, 0.25) is 0 Å². The Morgan fingerprint density at radius 1 is 0.520 bits per heavy atom. The lowest BCUT2D eigenvalue weighted by Gasteiger charge is -2.21. The SMILES string of the molecule is Cc1cc(C)cc(-c2ccc3[nH]c4c5c(ccc4c3c2)-c2cc3c(cc2CC5)c2cc(-c4cc(C)cc(C)c4)ccc2n3-c2ccccn2)c1. The van der Waals surface area contributed by atoms with Gasteiger partial charge in [-0.2, -0.15) is 0 Å². The van der Waals surface area contributed by atoms with Crippen molar-refractivity contribution in [2.45, 2.75) is 40.5 Å². The zero-order chi connectivity index (χ0) is 33.7. The average molecular weight is 644 g/mol. The van der Waals surface area contributed by atoms with Crippen LogP contribution in [-0.2, 0) is 12.8 Å². The van der Waals surface area contributed by atoms with Gasteiger partial charge in [0.25, 0.3) is 0 Å². The Kier molecular flexibility index (Phi) is 6.26. The maximum absolute atomic E-state index is 4.84.